The Bertz CT molecular complexity index is 1620. The molecule has 3 N–H and O–H groups in total. The van der Waals surface area contributed by atoms with Gasteiger partial charge in [0.15, 0.2) is 17.3 Å². The summed E-state index contributed by atoms with van der Waals surface area (Å²) in [5.74, 6) is 1.72. The number of pyridine rings is 2. The molecule has 0 amide bonds. The van der Waals surface area contributed by atoms with E-state index in [-0.39, 0.29) is 11.9 Å². The highest BCUT2D eigenvalue weighted by atomic mass is 35.5. The first kappa shape index (κ1) is 28.2. The molecule has 3 aromatic heterocycles. The number of halogens is 1. The molecule has 1 fully saturated rings. The minimum atomic E-state index is -1.01. The van der Waals surface area contributed by atoms with Crippen molar-refractivity contribution in [3.05, 3.63) is 76.6 Å². The maximum atomic E-state index is 9.08. The summed E-state index contributed by atoms with van der Waals surface area (Å²) < 4.78 is 20.4. The van der Waals surface area contributed by atoms with Crippen LogP contribution in [0.15, 0.2) is 53.9 Å². The van der Waals surface area contributed by atoms with Gasteiger partial charge in [-0.1, -0.05) is 28.9 Å². The topological polar surface area (TPSA) is 133 Å². The van der Waals surface area contributed by atoms with Crippen molar-refractivity contribution in [1.82, 2.24) is 24.4 Å². The number of hydrogen-bond acceptors (Lipinski definition) is 9. The summed E-state index contributed by atoms with van der Waals surface area (Å²) in [4.78, 5) is 16.2. The second-order valence-electron chi connectivity index (χ2n) is 11.0. The van der Waals surface area contributed by atoms with Crippen molar-refractivity contribution in [3.63, 3.8) is 0 Å². The van der Waals surface area contributed by atoms with Crippen LogP contribution in [0, 0.1) is 0 Å². The number of rotatable bonds is 8. The molecule has 220 valence electrons. The van der Waals surface area contributed by atoms with E-state index in [4.69, 9.17) is 41.7 Å². The average molecular weight is 592 g/mol. The molecule has 12 heteroatoms. The van der Waals surface area contributed by atoms with E-state index in [2.05, 4.69) is 30.7 Å². The second-order valence-corrected chi connectivity index (χ2v) is 11.4. The third kappa shape index (κ3) is 5.35. The van der Waals surface area contributed by atoms with E-state index in [1.807, 2.05) is 32.0 Å². The molecule has 1 unspecified atom stereocenters. The monoisotopic (exact) mass is 591 g/mol. The number of oxime groups is 1. The highest BCUT2D eigenvalue weighted by Crippen LogP contribution is 2.49. The number of nitrogens with two attached hydrogens (primary N) is 1. The number of nitrogens with zero attached hydrogens (tertiary/aromatic N) is 6. The Morgan fingerprint density at radius 1 is 1.21 bits per heavy atom. The van der Waals surface area contributed by atoms with E-state index >= 15 is 0 Å². The Balaban J connectivity index is 1.18. The second kappa shape index (κ2) is 11.4. The quantitative estimate of drug-likeness (QED) is 0.130. The fraction of sp³-hybridized carbons (Fsp3) is 0.400. The predicted molar refractivity (Wildman–Crippen MR) is 158 cm³/mol. The van der Waals surface area contributed by atoms with E-state index in [1.54, 1.807) is 31.6 Å². The summed E-state index contributed by atoms with van der Waals surface area (Å²) in [6, 6.07) is 11.5. The number of amidine groups is 1. The Morgan fingerprint density at radius 3 is 2.74 bits per heavy atom. The number of para-hydroxylation sites is 1. The molecule has 11 nitrogen and oxygen atoms in total. The van der Waals surface area contributed by atoms with Crippen LogP contribution in [0.3, 0.4) is 0 Å². The third-order valence-corrected chi connectivity index (χ3v) is 8.35. The van der Waals surface area contributed by atoms with Crippen LogP contribution in [0.25, 0.3) is 11.0 Å². The van der Waals surface area contributed by atoms with Crippen LogP contribution in [0.1, 0.15) is 55.4 Å². The van der Waals surface area contributed by atoms with E-state index in [0.717, 1.165) is 59.9 Å². The molecule has 0 saturated carbocycles. The van der Waals surface area contributed by atoms with Gasteiger partial charge in [0.1, 0.15) is 17.2 Å². The van der Waals surface area contributed by atoms with Crippen molar-refractivity contribution in [2.75, 3.05) is 20.2 Å². The van der Waals surface area contributed by atoms with Gasteiger partial charge >= 0.3 is 0 Å². The number of imidazole rings is 1. The lowest BCUT2D eigenvalue weighted by atomic mass is 9.88. The number of benzene rings is 1. The maximum Gasteiger partial charge on any atom is 0.292 e. The molecule has 42 heavy (non-hydrogen) atoms. The molecule has 5 heterocycles. The summed E-state index contributed by atoms with van der Waals surface area (Å²) in [5, 5.41) is 12.7. The van der Waals surface area contributed by atoms with Crippen LogP contribution < -0.4 is 15.2 Å². The molecular weight excluding hydrogens is 558 g/mol. The normalized spacial score (nSPS) is 20.3. The van der Waals surface area contributed by atoms with Gasteiger partial charge in [-0.05, 0) is 63.0 Å². The van der Waals surface area contributed by atoms with Crippen molar-refractivity contribution in [2.24, 2.45) is 10.9 Å². The Morgan fingerprint density at radius 2 is 2.02 bits per heavy atom. The number of piperidine rings is 1. The van der Waals surface area contributed by atoms with Crippen LogP contribution in [-0.4, -0.2) is 61.8 Å². The third-order valence-electron chi connectivity index (χ3n) is 8.12. The van der Waals surface area contributed by atoms with Gasteiger partial charge in [0.05, 0.1) is 41.4 Å². The predicted octanol–water partition coefficient (Wildman–Crippen LogP) is 4.63. The molecule has 0 bridgehead atoms. The minimum absolute atomic E-state index is 0.00760. The highest BCUT2D eigenvalue weighted by Gasteiger charge is 2.42. The number of methoxy groups -OCH3 is 1. The molecule has 2 atom stereocenters. The first-order valence-corrected chi connectivity index (χ1v) is 14.4. The van der Waals surface area contributed by atoms with Gasteiger partial charge in [-0.15, -0.1) is 0 Å². The van der Waals surface area contributed by atoms with Gasteiger partial charge < -0.3 is 29.7 Å². The summed E-state index contributed by atoms with van der Waals surface area (Å²) in [7, 11) is 1.70. The minimum Gasteiger partial charge on any atom is -0.443 e. The fourth-order valence-electron chi connectivity index (χ4n) is 5.74. The van der Waals surface area contributed by atoms with Crippen LogP contribution in [-0.2, 0) is 23.6 Å². The molecule has 0 aliphatic carbocycles. The van der Waals surface area contributed by atoms with Crippen molar-refractivity contribution in [3.8, 4) is 11.5 Å². The summed E-state index contributed by atoms with van der Waals surface area (Å²) in [6.07, 6.45) is 5.26. The van der Waals surface area contributed by atoms with E-state index in [1.165, 1.54) is 0 Å². The molecule has 6 rings (SSSR count). The lowest BCUT2D eigenvalue weighted by Crippen LogP contribution is -2.34. The smallest absolute Gasteiger partial charge is 0.292 e. The molecule has 4 aromatic rings. The average Bonchev–Trinajstić information content (AvgIpc) is 3.53. The van der Waals surface area contributed by atoms with E-state index in [0.29, 0.717) is 35.4 Å². The van der Waals surface area contributed by atoms with E-state index < -0.39 is 5.79 Å². The first-order chi connectivity index (χ1) is 20.3. The molecule has 1 saturated heterocycles. The lowest BCUT2D eigenvalue weighted by Gasteiger charge is -2.32. The summed E-state index contributed by atoms with van der Waals surface area (Å²) >= 11 is 6.04. The largest absolute Gasteiger partial charge is 0.443 e. The molecule has 2 aliphatic heterocycles. The molecular formula is C30H34ClN7O4. The van der Waals surface area contributed by atoms with Crippen LogP contribution in [0.4, 0.5) is 0 Å². The van der Waals surface area contributed by atoms with Crippen LogP contribution >= 0.6 is 11.6 Å². The van der Waals surface area contributed by atoms with Gasteiger partial charge in [0, 0.05) is 25.8 Å². The van der Waals surface area contributed by atoms with Crippen molar-refractivity contribution >= 4 is 28.5 Å². The Labute approximate surface area is 248 Å². The zero-order chi connectivity index (χ0) is 29.4. The Hall–Kier alpha value is -3.93. The number of hydrogen-bond donors (Lipinski definition) is 2. The van der Waals surface area contributed by atoms with Gasteiger partial charge in [0.25, 0.3) is 5.79 Å². The van der Waals surface area contributed by atoms with Gasteiger partial charge in [-0.2, -0.15) is 0 Å². The van der Waals surface area contributed by atoms with Crippen molar-refractivity contribution < 1.29 is 19.4 Å². The molecule has 0 radical (unpaired) electrons. The van der Waals surface area contributed by atoms with Crippen molar-refractivity contribution in [2.45, 2.75) is 57.6 Å². The number of fused-ring (bicyclic) bond motifs is 2. The van der Waals surface area contributed by atoms with E-state index in [9.17, 15) is 0 Å². The highest BCUT2D eigenvalue weighted by molar-refractivity contribution is 6.30. The van der Waals surface area contributed by atoms with Gasteiger partial charge in [-0.3, -0.25) is 14.9 Å². The number of aromatic nitrogens is 4. The zero-order valence-corrected chi connectivity index (χ0v) is 24.6. The Kier molecular flexibility index (Phi) is 7.65. The molecule has 2 aliphatic rings. The lowest BCUT2D eigenvalue weighted by molar-refractivity contribution is -0.0722. The van der Waals surface area contributed by atoms with Gasteiger partial charge in [-0.25, -0.2) is 4.98 Å². The molecule has 1 aromatic carbocycles. The first-order valence-electron chi connectivity index (χ1n) is 14.0. The zero-order valence-electron chi connectivity index (χ0n) is 23.8. The summed E-state index contributed by atoms with van der Waals surface area (Å²) in [5.41, 5.74) is 9.62. The fourth-order valence-corrected chi connectivity index (χ4v) is 5.85. The van der Waals surface area contributed by atoms with Gasteiger partial charge in [0.2, 0.25) is 0 Å². The summed E-state index contributed by atoms with van der Waals surface area (Å²) in [6.45, 7) is 7.04. The van der Waals surface area contributed by atoms with Crippen LogP contribution in [0.2, 0.25) is 5.02 Å². The molecule has 0 spiro atoms. The standard InChI is InChI=1S/C30H34ClN7O4/c1-18(40-3)16-38-24-15-33-23(29(32)36-39)13-22(24)35-27(38)17-37-11-9-19(10-12-37)21-5-4-6-25-28(21)42-30(2,41-25)26-8-7-20(31)14-34-26/h4-8,13-15,18-19,39H,9-12,16-17H2,1-3H3,(H2,32,36)/t18?,30-/m1/s1. The van der Waals surface area contributed by atoms with Crippen molar-refractivity contribution in [1.29, 1.82) is 0 Å². The number of ether oxygens (including phenoxy) is 3. The van der Waals surface area contributed by atoms with Crippen LogP contribution in [0.5, 0.6) is 11.5 Å². The number of likely N-dealkylation sites (tertiary alicyclic amines) is 1. The SMILES string of the molecule is COC(C)Cn1c(CN2CCC(c3cccc4c3O[C@](C)(c3ccc(Cl)cn3)O4)CC2)nc2cc(C(N)=NO)ncc21. The maximum absolute atomic E-state index is 9.08.